The number of piperidine rings is 1. The summed E-state index contributed by atoms with van der Waals surface area (Å²) >= 11 is 0. The van der Waals surface area contributed by atoms with Crippen molar-refractivity contribution in [3.8, 4) is 0 Å². The normalized spacial score (nSPS) is 26.4. The summed E-state index contributed by atoms with van der Waals surface area (Å²) in [7, 11) is 1.86. The minimum Gasteiger partial charge on any atom is -0.356 e. The minimum atomic E-state index is 0.676. The van der Waals surface area contributed by atoms with Gasteiger partial charge in [-0.2, -0.15) is 0 Å². The maximum absolute atomic E-state index is 4.29. The zero-order valence-corrected chi connectivity index (χ0v) is 12.1. The third-order valence-electron chi connectivity index (χ3n) is 3.98. The third-order valence-corrected chi connectivity index (χ3v) is 3.98. The van der Waals surface area contributed by atoms with Gasteiger partial charge >= 0.3 is 0 Å². The average Bonchev–Trinajstić information content (AvgIpc) is 3.18. The van der Waals surface area contributed by atoms with Crippen molar-refractivity contribution in [3.63, 3.8) is 0 Å². The minimum absolute atomic E-state index is 0.676. The van der Waals surface area contributed by atoms with Crippen LogP contribution in [0.15, 0.2) is 4.99 Å². The van der Waals surface area contributed by atoms with E-state index in [0.29, 0.717) is 12.1 Å². The Kier molecular flexibility index (Phi) is 4.87. The van der Waals surface area contributed by atoms with E-state index in [2.05, 4.69) is 34.4 Å². The Bertz CT molecular complexity index is 284. The molecule has 2 N–H and O–H groups in total. The molecule has 1 unspecified atom stereocenters. The summed E-state index contributed by atoms with van der Waals surface area (Å²) in [6.45, 7) is 8.14. The van der Waals surface area contributed by atoms with E-state index in [9.17, 15) is 0 Å². The molecule has 0 amide bonds. The summed E-state index contributed by atoms with van der Waals surface area (Å²) in [5, 5.41) is 6.92. The molecule has 0 aromatic heterocycles. The van der Waals surface area contributed by atoms with Crippen LogP contribution >= 0.6 is 0 Å². The molecule has 0 aromatic carbocycles. The van der Waals surface area contributed by atoms with Crippen LogP contribution in [0, 0.1) is 5.92 Å². The highest BCUT2D eigenvalue weighted by molar-refractivity contribution is 5.80. The molecule has 1 aliphatic carbocycles. The van der Waals surface area contributed by atoms with Crippen molar-refractivity contribution >= 4 is 5.96 Å². The van der Waals surface area contributed by atoms with Gasteiger partial charge in [0.25, 0.3) is 0 Å². The van der Waals surface area contributed by atoms with Crippen LogP contribution in [0.1, 0.15) is 39.5 Å². The number of nitrogens with zero attached hydrogens (tertiary/aromatic N) is 2. The SMILES string of the molecule is CN=C(NCC1CCCN(C(C)C)C1)NC1CC1. The Morgan fingerprint density at radius 2 is 2.11 bits per heavy atom. The van der Waals surface area contributed by atoms with E-state index in [-0.39, 0.29) is 0 Å². The Morgan fingerprint density at radius 3 is 2.72 bits per heavy atom. The first kappa shape index (κ1) is 13.7. The lowest BCUT2D eigenvalue weighted by Gasteiger charge is -2.35. The summed E-state index contributed by atoms with van der Waals surface area (Å²) in [6.07, 6.45) is 5.27. The van der Waals surface area contributed by atoms with Crippen LogP contribution in [-0.2, 0) is 0 Å². The zero-order chi connectivity index (χ0) is 13.0. The molecular weight excluding hydrogens is 224 g/mol. The first-order valence-corrected chi connectivity index (χ1v) is 7.40. The molecule has 0 aromatic rings. The van der Waals surface area contributed by atoms with Crippen LogP contribution in [0.4, 0.5) is 0 Å². The maximum Gasteiger partial charge on any atom is 0.191 e. The average molecular weight is 252 g/mol. The third kappa shape index (κ3) is 4.16. The number of guanidine groups is 1. The fraction of sp³-hybridized carbons (Fsp3) is 0.929. The molecule has 2 aliphatic rings. The van der Waals surface area contributed by atoms with Crippen molar-refractivity contribution in [1.29, 1.82) is 0 Å². The summed E-state index contributed by atoms with van der Waals surface area (Å²) in [4.78, 5) is 6.88. The topological polar surface area (TPSA) is 39.7 Å². The van der Waals surface area contributed by atoms with Crippen LogP contribution in [0.25, 0.3) is 0 Å². The van der Waals surface area contributed by atoms with Crippen molar-refractivity contribution in [2.45, 2.75) is 51.6 Å². The highest BCUT2D eigenvalue weighted by Crippen LogP contribution is 2.19. The number of rotatable bonds is 4. The lowest BCUT2D eigenvalue weighted by molar-refractivity contribution is 0.141. The fourth-order valence-electron chi connectivity index (χ4n) is 2.59. The van der Waals surface area contributed by atoms with E-state index in [1.54, 1.807) is 0 Å². The van der Waals surface area contributed by atoms with E-state index in [1.807, 2.05) is 7.05 Å². The molecule has 104 valence electrons. The summed E-state index contributed by atoms with van der Waals surface area (Å²) in [5.74, 6) is 1.75. The van der Waals surface area contributed by atoms with Gasteiger partial charge in [-0.3, -0.25) is 4.99 Å². The van der Waals surface area contributed by atoms with E-state index in [4.69, 9.17) is 0 Å². The van der Waals surface area contributed by atoms with Crippen molar-refractivity contribution < 1.29 is 0 Å². The standard InChI is InChI=1S/C14H28N4/c1-11(2)18-8-4-5-12(10-18)9-16-14(15-3)17-13-6-7-13/h11-13H,4-10H2,1-3H3,(H2,15,16,17). The quantitative estimate of drug-likeness (QED) is 0.587. The van der Waals surface area contributed by atoms with Gasteiger partial charge in [0.05, 0.1) is 0 Å². The molecule has 1 saturated heterocycles. The second kappa shape index (κ2) is 6.41. The van der Waals surface area contributed by atoms with E-state index in [1.165, 1.54) is 38.8 Å². The van der Waals surface area contributed by atoms with E-state index in [0.717, 1.165) is 18.4 Å². The number of aliphatic imine (C=N–C) groups is 1. The molecule has 1 atom stereocenters. The second-order valence-corrected chi connectivity index (χ2v) is 5.97. The molecule has 2 rings (SSSR count). The molecule has 0 radical (unpaired) electrons. The number of likely N-dealkylation sites (tertiary alicyclic amines) is 1. The molecule has 0 spiro atoms. The van der Waals surface area contributed by atoms with Crippen molar-refractivity contribution in [2.75, 3.05) is 26.7 Å². The Morgan fingerprint density at radius 1 is 1.33 bits per heavy atom. The molecule has 0 bridgehead atoms. The van der Waals surface area contributed by atoms with Crippen LogP contribution < -0.4 is 10.6 Å². The lowest BCUT2D eigenvalue weighted by atomic mass is 9.97. The van der Waals surface area contributed by atoms with E-state index >= 15 is 0 Å². The highest BCUT2D eigenvalue weighted by atomic mass is 15.2. The molecule has 2 fully saturated rings. The smallest absolute Gasteiger partial charge is 0.191 e. The van der Waals surface area contributed by atoms with Crippen LogP contribution in [-0.4, -0.2) is 49.6 Å². The lowest BCUT2D eigenvalue weighted by Crippen LogP contribution is -2.46. The first-order chi connectivity index (χ1) is 8.69. The van der Waals surface area contributed by atoms with Gasteiger partial charge in [0.15, 0.2) is 5.96 Å². The van der Waals surface area contributed by atoms with Gasteiger partial charge in [0.2, 0.25) is 0 Å². The summed E-state index contributed by atoms with van der Waals surface area (Å²) in [6, 6.07) is 1.35. The van der Waals surface area contributed by atoms with Crippen LogP contribution in [0.3, 0.4) is 0 Å². The molecular formula is C14H28N4. The number of hydrogen-bond donors (Lipinski definition) is 2. The van der Waals surface area contributed by atoms with Crippen molar-refractivity contribution in [2.24, 2.45) is 10.9 Å². The largest absolute Gasteiger partial charge is 0.356 e. The van der Waals surface area contributed by atoms with E-state index < -0.39 is 0 Å². The zero-order valence-electron chi connectivity index (χ0n) is 12.1. The molecule has 18 heavy (non-hydrogen) atoms. The Hall–Kier alpha value is -0.770. The van der Waals surface area contributed by atoms with Gasteiger partial charge < -0.3 is 15.5 Å². The number of hydrogen-bond acceptors (Lipinski definition) is 2. The summed E-state index contributed by atoms with van der Waals surface area (Å²) in [5.41, 5.74) is 0. The van der Waals surface area contributed by atoms with Gasteiger partial charge in [-0.25, -0.2) is 0 Å². The van der Waals surface area contributed by atoms with Gasteiger partial charge in [0, 0.05) is 32.2 Å². The summed E-state index contributed by atoms with van der Waals surface area (Å²) < 4.78 is 0. The first-order valence-electron chi connectivity index (χ1n) is 7.40. The van der Waals surface area contributed by atoms with Crippen LogP contribution in [0.5, 0.6) is 0 Å². The Labute approximate surface area is 111 Å². The van der Waals surface area contributed by atoms with Crippen LogP contribution in [0.2, 0.25) is 0 Å². The van der Waals surface area contributed by atoms with Crippen molar-refractivity contribution in [3.05, 3.63) is 0 Å². The maximum atomic E-state index is 4.29. The molecule has 4 nitrogen and oxygen atoms in total. The Balaban J connectivity index is 1.71. The van der Waals surface area contributed by atoms with Gasteiger partial charge in [-0.1, -0.05) is 0 Å². The monoisotopic (exact) mass is 252 g/mol. The number of nitrogens with one attached hydrogen (secondary N) is 2. The second-order valence-electron chi connectivity index (χ2n) is 5.97. The van der Waals surface area contributed by atoms with Gasteiger partial charge in [0.1, 0.15) is 0 Å². The van der Waals surface area contributed by atoms with Gasteiger partial charge in [-0.15, -0.1) is 0 Å². The predicted molar refractivity (Wildman–Crippen MR) is 77.0 cm³/mol. The predicted octanol–water partition coefficient (Wildman–Crippen LogP) is 1.43. The molecule has 1 saturated carbocycles. The van der Waals surface area contributed by atoms with Crippen molar-refractivity contribution in [1.82, 2.24) is 15.5 Å². The molecule has 1 heterocycles. The highest BCUT2D eigenvalue weighted by Gasteiger charge is 2.24. The molecule has 4 heteroatoms. The fourth-order valence-corrected chi connectivity index (χ4v) is 2.59. The molecule has 1 aliphatic heterocycles. The van der Waals surface area contributed by atoms with Gasteiger partial charge in [-0.05, 0) is 52.0 Å².